The molecule has 1 aliphatic rings. The topological polar surface area (TPSA) is 40.7 Å². The summed E-state index contributed by atoms with van der Waals surface area (Å²) in [6.07, 6.45) is 4.10. The lowest BCUT2D eigenvalue weighted by molar-refractivity contribution is 0.762. The fraction of sp³-hybridized carbons (Fsp3) is 0.167. The number of aromatic nitrogens is 2. The van der Waals surface area contributed by atoms with Crippen LogP contribution in [0.4, 0.5) is 5.69 Å². The van der Waals surface area contributed by atoms with Gasteiger partial charge in [-0.15, -0.1) is 0 Å². The molecule has 3 aromatic rings. The summed E-state index contributed by atoms with van der Waals surface area (Å²) in [6, 6.07) is 19.6. The van der Waals surface area contributed by atoms with E-state index in [1.807, 2.05) is 6.07 Å². The molecule has 0 bridgehead atoms. The van der Waals surface area contributed by atoms with Crippen LogP contribution in [-0.4, -0.2) is 10.2 Å². The smallest absolute Gasteiger partial charge is 0.0650 e. The van der Waals surface area contributed by atoms with Gasteiger partial charge in [0.05, 0.1) is 11.7 Å². The van der Waals surface area contributed by atoms with Gasteiger partial charge in [0, 0.05) is 17.4 Å². The van der Waals surface area contributed by atoms with Crippen molar-refractivity contribution in [3.8, 4) is 11.3 Å². The zero-order valence-electron chi connectivity index (χ0n) is 11.7. The maximum atomic E-state index is 4.02. The molecule has 3 nitrogen and oxygen atoms in total. The van der Waals surface area contributed by atoms with Gasteiger partial charge < -0.3 is 5.32 Å². The van der Waals surface area contributed by atoms with Gasteiger partial charge in [0.15, 0.2) is 0 Å². The van der Waals surface area contributed by atoms with Crippen molar-refractivity contribution < 1.29 is 0 Å². The molecule has 104 valence electrons. The Morgan fingerprint density at radius 2 is 2.00 bits per heavy atom. The van der Waals surface area contributed by atoms with Crippen LogP contribution in [0.1, 0.15) is 23.6 Å². The maximum absolute atomic E-state index is 4.02. The van der Waals surface area contributed by atoms with Gasteiger partial charge in [-0.05, 0) is 42.2 Å². The van der Waals surface area contributed by atoms with E-state index in [2.05, 4.69) is 64.0 Å². The van der Waals surface area contributed by atoms with Crippen LogP contribution in [0.15, 0.2) is 60.8 Å². The second-order valence-electron chi connectivity index (χ2n) is 5.49. The zero-order valence-corrected chi connectivity index (χ0v) is 11.7. The number of hydrogen-bond donors (Lipinski definition) is 2. The third kappa shape index (κ3) is 2.31. The number of benzene rings is 2. The second kappa shape index (κ2) is 5.09. The van der Waals surface area contributed by atoms with Crippen LogP contribution < -0.4 is 5.32 Å². The number of aromatic amines is 1. The minimum atomic E-state index is 0.415. The number of aryl methyl sites for hydroxylation is 1. The number of fused-ring (bicyclic) bond motifs is 1. The first-order chi connectivity index (χ1) is 10.4. The summed E-state index contributed by atoms with van der Waals surface area (Å²) >= 11 is 0. The number of H-pyrrole nitrogens is 1. The van der Waals surface area contributed by atoms with E-state index in [4.69, 9.17) is 0 Å². The van der Waals surface area contributed by atoms with Crippen molar-refractivity contribution in [2.75, 3.05) is 5.32 Å². The van der Waals surface area contributed by atoms with Gasteiger partial charge >= 0.3 is 0 Å². The molecule has 1 atom stereocenters. The van der Waals surface area contributed by atoms with E-state index in [-0.39, 0.29) is 0 Å². The monoisotopic (exact) mass is 275 g/mol. The Morgan fingerprint density at radius 3 is 2.90 bits per heavy atom. The van der Waals surface area contributed by atoms with E-state index in [0.717, 1.165) is 29.8 Å². The van der Waals surface area contributed by atoms with Gasteiger partial charge in [-0.25, -0.2) is 0 Å². The van der Waals surface area contributed by atoms with E-state index in [1.165, 1.54) is 11.1 Å². The molecule has 2 N–H and O–H groups in total. The number of nitrogens with one attached hydrogen (secondary N) is 2. The average Bonchev–Trinajstić information content (AvgIpc) is 3.18. The van der Waals surface area contributed by atoms with E-state index in [0.29, 0.717) is 6.04 Å². The molecular formula is C18H17N3. The normalized spacial score (nSPS) is 16.7. The second-order valence-corrected chi connectivity index (χ2v) is 5.49. The van der Waals surface area contributed by atoms with Crippen LogP contribution >= 0.6 is 0 Å². The maximum Gasteiger partial charge on any atom is 0.0650 e. The van der Waals surface area contributed by atoms with Gasteiger partial charge in [-0.1, -0.05) is 36.4 Å². The lowest BCUT2D eigenvalue weighted by atomic mass is 10.1. The van der Waals surface area contributed by atoms with Crippen molar-refractivity contribution in [3.63, 3.8) is 0 Å². The Morgan fingerprint density at radius 1 is 1.05 bits per heavy atom. The van der Waals surface area contributed by atoms with Crippen LogP contribution in [0.3, 0.4) is 0 Å². The molecule has 4 rings (SSSR count). The number of hydrogen-bond acceptors (Lipinski definition) is 2. The van der Waals surface area contributed by atoms with Crippen LogP contribution in [0.5, 0.6) is 0 Å². The zero-order chi connectivity index (χ0) is 14.1. The number of rotatable bonds is 3. The first kappa shape index (κ1) is 12.2. The van der Waals surface area contributed by atoms with Crippen LogP contribution in [0.2, 0.25) is 0 Å². The Kier molecular flexibility index (Phi) is 2.96. The standard InChI is InChI=1S/C18H17N3/c1-2-7-16-13(4-1)8-9-18(16)20-15-6-3-5-14(12-15)17-10-11-19-21-17/h1-7,10-12,18,20H,8-9H2,(H,19,21). The van der Waals surface area contributed by atoms with Crippen LogP contribution in [0.25, 0.3) is 11.3 Å². The average molecular weight is 275 g/mol. The molecule has 1 unspecified atom stereocenters. The van der Waals surface area contributed by atoms with Crippen molar-refractivity contribution in [2.24, 2.45) is 0 Å². The van der Waals surface area contributed by atoms with Crippen LogP contribution in [0, 0.1) is 0 Å². The van der Waals surface area contributed by atoms with E-state index in [9.17, 15) is 0 Å². The number of anilines is 1. The molecule has 0 saturated carbocycles. The van der Waals surface area contributed by atoms with Gasteiger partial charge in [0.25, 0.3) is 0 Å². The van der Waals surface area contributed by atoms with Crippen molar-refractivity contribution in [3.05, 3.63) is 71.9 Å². The summed E-state index contributed by atoms with van der Waals surface area (Å²) in [4.78, 5) is 0. The Bertz CT molecular complexity index is 747. The number of nitrogens with zero attached hydrogens (tertiary/aromatic N) is 1. The van der Waals surface area contributed by atoms with Crippen molar-refractivity contribution in [1.82, 2.24) is 10.2 Å². The molecule has 1 heterocycles. The summed E-state index contributed by atoms with van der Waals surface area (Å²) in [7, 11) is 0. The lowest BCUT2D eigenvalue weighted by Gasteiger charge is -2.16. The van der Waals surface area contributed by atoms with E-state index in [1.54, 1.807) is 6.20 Å². The molecule has 0 spiro atoms. The quantitative estimate of drug-likeness (QED) is 0.753. The molecular weight excluding hydrogens is 258 g/mol. The molecule has 1 aromatic heterocycles. The predicted octanol–water partition coefficient (Wildman–Crippen LogP) is 4.18. The largest absolute Gasteiger partial charge is 0.378 e. The van der Waals surface area contributed by atoms with E-state index < -0.39 is 0 Å². The Hall–Kier alpha value is -2.55. The van der Waals surface area contributed by atoms with Crippen molar-refractivity contribution in [2.45, 2.75) is 18.9 Å². The highest BCUT2D eigenvalue weighted by Crippen LogP contribution is 2.34. The molecule has 2 aromatic carbocycles. The van der Waals surface area contributed by atoms with Crippen LogP contribution in [-0.2, 0) is 6.42 Å². The molecule has 0 saturated heterocycles. The third-order valence-corrected chi connectivity index (χ3v) is 4.15. The minimum Gasteiger partial charge on any atom is -0.378 e. The summed E-state index contributed by atoms with van der Waals surface area (Å²) in [6.45, 7) is 0. The first-order valence-corrected chi connectivity index (χ1v) is 7.34. The van der Waals surface area contributed by atoms with Crippen molar-refractivity contribution >= 4 is 5.69 Å². The van der Waals surface area contributed by atoms with E-state index >= 15 is 0 Å². The highest BCUT2D eigenvalue weighted by atomic mass is 15.1. The molecule has 0 aliphatic heterocycles. The summed E-state index contributed by atoms with van der Waals surface area (Å²) in [5.74, 6) is 0. The highest BCUT2D eigenvalue weighted by Gasteiger charge is 2.21. The van der Waals surface area contributed by atoms with Gasteiger partial charge in [0.1, 0.15) is 0 Å². The minimum absolute atomic E-state index is 0.415. The summed E-state index contributed by atoms with van der Waals surface area (Å²) in [5, 5.41) is 10.7. The summed E-state index contributed by atoms with van der Waals surface area (Å²) < 4.78 is 0. The molecule has 21 heavy (non-hydrogen) atoms. The van der Waals surface area contributed by atoms with Crippen molar-refractivity contribution in [1.29, 1.82) is 0 Å². The molecule has 3 heteroatoms. The molecule has 0 radical (unpaired) electrons. The Labute approximate surface area is 124 Å². The SMILES string of the molecule is c1cc(NC2CCc3ccccc32)cc(-c2ccn[nH]2)c1. The lowest BCUT2D eigenvalue weighted by Crippen LogP contribution is -2.06. The highest BCUT2D eigenvalue weighted by molar-refractivity contribution is 5.65. The van der Waals surface area contributed by atoms with Gasteiger partial charge in [-0.3, -0.25) is 5.10 Å². The fourth-order valence-electron chi connectivity index (χ4n) is 3.10. The third-order valence-electron chi connectivity index (χ3n) is 4.15. The molecule has 0 fully saturated rings. The Balaban J connectivity index is 1.60. The van der Waals surface area contributed by atoms with Gasteiger partial charge in [-0.2, -0.15) is 5.10 Å². The molecule has 0 amide bonds. The predicted molar refractivity (Wildman–Crippen MR) is 85.2 cm³/mol. The fourth-order valence-corrected chi connectivity index (χ4v) is 3.10. The molecule has 1 aliphatic carbocycles. The van der Waals surface area contributed by atoms with Gasteiger partial charge in [0.2, 0.25) is 0 Å². The summed E-state index contributed by atoms with van der Waals surface area (Å²) in [5.41, 5.74) is 6.27. The first-order valence-electron chi connectivity index (χ1n) is 7.34.